The fourth-order valence-electron chi connectivity index (χ4n) is 2.75. The number of hydrogen-bond acceptors (Lipinski definition) is 3. The summed E-state index contributed by atoms with van der Waals surface area (Å²) in [7, 11) is 0. The fraction of sp³-hybridized carbons (Fsp3) is 0.529. The number of nitrogens with zero attached hydrogens (tertiary/aromatic N) is 2. The zero-order valence-corrected chi connectivity index (χ0v) is 16.5. The minimum atomic E-state index is -0.441. The van der Waals surface area contributed by atoms with Gasteiger partial charge in [-0.3, -0.25) is 9.59 Å². The third-order valence-corrected chi connectivity index (χ3v) is 4.54. The van der Waals surface area contributed by atoms with Gasteiger partial charge in [-0.1, -0.05) is 29.8 Å². The molecule has 0 aromatic heterocycles. The maximum Gasteiger partial charge on any atom is 0.253 e. The van der Waals surface area contributed by atoms with Gasteiger partial charge in [0.05, 0.1) is 6.04 Å². The molecule has 2 rings (SSSR count). The minimum absolute atomic E-state index is 0. The number of nitrogens with two attached hydrogens (primary N) is 1. The van der Waals surface area contributed by atoms with E-state index in [9.17, 15) is 9.59 Å². The number of hydrogen-bond donors (Lipinski definition) is 1. The van der Waals surface area contributed by atoms with Gasteiger partial charge in [0.1, 0.15) is 0 Å². The van der Waals surface area contributed by atoms with Crippen LogP contribution in [0.5, 0.6) is 0 Å². The molecular weight excluding hydrogens is 394 g/mol. The summed E-state index contributed by atoms with van der Waals surface area (Å²) in [6, 6.07) is 6.89. The number of carbonyl (C=O) groups excluding carboxylic acids is 2. The summed E-state index contributed by atoms with van der Waals surface area (Å²) in [5.41, 5.74) is 6.64. The van der Waals surface area contributed by atoms with Crippen LogP contribution in [0.25, 0.3) is 0 Å². The molecule has 1 aliphatic heterocycles. The van der Waals surface area contributed by atoms with Crippen LogP contribution < -0.4 is 5.73 Å². The van der Waals surface area contributed by atoms with Gasteiger partial charge in [-0.25, -0.2) is 0 Å². The maximum atomic E-state index is 12.4. The SMILES string of the molecule is CC(C)C[C@H](N)C(=O)N1CCN(C(=O)c2ccc(Br)cc2)CC1.Cl. The summed E-state index contributed by atoms with van der Waals surface area (Å²) in [6.45, 7) is 6.31. The molecule has 2 amide bonds. The first-order valence-electron chi connectivity index (χ1n) is 7.97. The third-order valence-electron chi connectivity index (χ3n) is 4.01. The summed E-state index contributed by atoms with van der Waals surface area (Å²) >= 11 is 3.36. The molecule has 0 spiro atoms. The van der Waals surface area contributed by atoms with Gasteiger partial charge in [0.25, 0.3) is 5.91 Å². The van der Waals surface area contributed by atoms with Gasteiger partial charge in [-0.2, -0.15) is 0 Å². The molecule has 1 atom stereocenters. The smallest absolute Gasteiger partial charge is 0.253 e. The number of amides is 2. The summed E-state index contributed by atoms with van der Waals surface area (Å²) in [4.78, 5) is 28.3. The first-order valence-corrected chi connectivity index (χ1v) is 8.77. The fourth-order valence-corrected chi connectivity index (χ4v) is 3.01. The van der Waals surface area contributed by atoms with Crippen molar-refractivity contribution in [3.05, 3.63) is 34.3 Å². The second kappa shape index (κ2) is 9.39. The molecule has 1 aliphatic rings. The Bertz CT molecular complexity index is 557. The number of carbonyl (C=O) groups is 2. The van der Waals surface area contributed by atoms with E-state index in [0.717, 1.165) is 4.47 Å². The third kappa shape index (κ3) is 5.46. The maximum absolute atomic E-state index is 12.4. The van der Waals surface area contributed by atoms with Crippen LogP contribution in [0.3, 0.4) is 0 Å². The van der Waals surface area contributed by atoms with Crippen LogP contribution >= 0.6 is 28.3 Å². The summed E-state index contributed by atoms with van der Waals surface area (Å²) < 4.78 is 0.948. The van der Waals surface area contributed by atoms with Gasteiger partial charge >= 0.3 is 0 Å². The second-order valence-electron chi connectivity index (χ2n) is 6.36. The number of piperazine rings is 1. The Hall–Kier alpha value is -1.11. The number of rotatable bonds is 4. The predicted molar refractivity (Wildman–Crippen MR) is 101 cm³/mol. The summed E-state index contributed by atoms with van der Waals surface area (Å²) in [5.74, 6) is 0.403. The van der Waals surface area contributed by atoms with E-state index in [1.54, 1.807) is 9.80 Å². The van der Waals surface area contributed by atoms with E-state index in [4.69, 9.17) is 5.73 Å². The molecule has 7 heteroatoms. The monoisotopic (exact) mass is 417 g/mol. The van der Waals surface area contributed by atoms with Crippen LogP contribution in [0.4, 0.5) is 0 Å². The van der Waals surface area contributed by atoms with Crippen molar-refractivity contribution in [3.63, 3.8) is 0 Å². The Balaban J connectivity index is 0.00000288. The Morgan fingerprint density at radius 1 is 1.08 bits per heavy atom. The van der Waals surface area contributed by atoms with Crippen molar-refractivity contribution >= 4 is 40.2 Å². The highest BCUT2D eigenvalue weighted by molar-refractivity contribution is 9.10. The minimum Gasteiger partial charge on any atom is -0.338 e. The zero-order chi connectivity index (χ0) is 17.0. The Labute approximate surface area is 158 Å². The van der Waals surface area contributed by atoms with E-state index < -0.39 is 6.04 Å². The number of benzene rings is 1. The Kier molecular flexibility index (Phi) is 8.19. The van der Waals surface area contributed by atoms with Crippen molar-refractivity contribution in [2.24, 2.45) is 11.7 Å². The van der Waals surface area contributed by atoms with Gasteiger partial charge in [0, 0.05) is 36.2 Å². The first kappa shape index (κ1) is 20.9. The Morgan fingerprint density at radius 2 is 1.58 bits per heavy atom. The van der Waals surface area contributed by atoms with E-state index in [-0.39, 0.29) is 24.2 Å². The molecule has 0 aliphatic carbocycles. The molecule has 1 heterocycles. The summed E-state index contributed by atoms with van der Waals surface area (Å²) in [5, 5.41) is 0. The lowest BCUT2D eigenvalue weighted by Crippen LogP contribution is -2.54. The summed E-state index contributed by atoms with van der Waals surface area (Å²) in [6.07, 6.45) is 0.691. The lowest BCUT2D eigenvalue weighted by atomic mass is 10.0. The molecule has 1 aromatic carbocycles. The first-order chi connectivity index (χ1) is 10.9. The van der Waals surface area contributed by atoms with E-state index in [2.05, 4.69) is 29.8 Å². The molecule has 134 valence electrons. The van der Waals surface area contributed by atoms with E-state index in [0.29, 0.717) is 44.1 Å². The van der Waals surface area contributed by atoms with Crippen molar-refractivity contribution in [1.29, 1.82) is 0 Å². The molecule has 24 heavy (non-hydrogen) atoms. The average molecular weight is 419 g/mol. The standard InChI is InChI=1S/C17H24BrN3O2.ClH/c1-12(2)11-15(19)17(23)21-9-7-20(8-10-21)16(22)13-3-5-14(18)6-4-13;/h3-6,12,15H,7-11,19H2,1-2H3;1H/t15-;/m0./s1. The highest BCUT2D eigenvalue weighted by atomic mass is 79.9. The number of halogens is 2. The highest BCUT2D eigenvalue weighted by Crippen LogP contribution is 2.14. The zero-order valence-electron chi connectivity index (χ0n) is 14.1. The van der Waals surface area contributed by atoms with Crippen LogP contribution in [0.15, 0.2) is 28.7 Å². The van der Waals surface area contributed by atoms with Crippen molar-refractivity contribution in [3.8, 4) is 0 Å². The van der Waals surface area contributed by atoms with Crippen LogP contribution in [-0.2, 0) is 4.79 Å². The lowest BCUT2D eigenvalue weighted by molar-refractivity contribution is -0.134. The molecule has 5 nitrogen and oxygen atoms in total. The highest BCUT2D eigenvalue weighted by Gasteiger charge is 2.27. The van der Waals surface area contributed by atoms with Crippen LogP contribution in [0.1, 0.15) is 30.6 Å². The molecule has 0 unspecified atom stereocenters. The van der Waals surface area contributed by atoms with E-state index >= 15 is 0 Å². The molecule has 1 fully saturated rings. The lowest BCUT2D eigenvalue weighted by Gasteiger charge is -2.36. The molecular formula is C17H25BrClN3O2. The normalized spacial score (nSPS) is 15.9. The van der Waals surface area contributed by atoms with Crippen molar-refractivity contribution in [1.82, 2.24) is 9.80 Å². The Morgan fingerprint density at radius 3 is 2.08 bits per heavy atom. The van der Waals surface area contributed by atoms with Gasteiger partial charge in [-0.15, -0.1) is 12.4 Å². The van der Waals surface area contributed by atoms with Crippen LogP contribution in [-0.4, -0.2) is 53.8 Å². The van der Waals surface area contributed by atoms with Gasteiger partial charge in [0.2, 0.25) is 5.91 Å². The molecule has 0 bridgehead atoms. The molecule has 1 saturated heterocycles. The molecule has 1 aromatic rings. The average Bonchev–Trinajstić information content (AvgIpc) is 2.53. The topological polar surface area (TPSA) is 66.6 Å². The predicted octanol–water partition coefficient (Wildman–Crippen LogP) is 2.53. The van der Waals surface area contributed by atoms with E-state index in [1.165, 1.54) is 0 Å². The quantitative estimate of drug-likeness (QED) is 0.817. The van der Waals surface area contributed by atoms with E-state index in [1.807, 2.05) is 24.3 Å². The second-order valence-corrected chi connectivity index (χ2v) is 7.28. The van der Waals surface area contributed by atoms with Gasteiger partial charge < -0.3 is 15.5 Å². The van der Waals surface area contributed by atoms with Crippen molar-refractivity contribution in [2.75, 3.05) is 26.2 Å². The van der Waals surface area contributed by atoms with Crippen LogP contribution in [0, 0.1) is 5.92 Å². The largest absolute Gasteiger partial charge is 0.338 e. The van der Waals surface area contributed by atoms with Crippen molar-refractivity contribution in [2.45, 2.75) is 26.3 Å². The molecule has 0 saturated carbocycles. The van der Waals surface area contributed by atoms with Gasteiger partial charge in [0.15, 0.2) is 0 Å². The van der Waals surface area contributed by atoms with Crippen LogP contribution in [0.2, 0.25) is 0 Å². The molecule has 0 radical (unpaired) electrons. The van der Waals surface area contributed by atoms with Gasteiger partial charge in [-0.05, 0) is 36.6 Å². The molecule has 2 N–H and O–H groups in total. The van der Waals surface area contributed by atoms with Crippen molar-refractivity contribution < 1.29 is 9.59 Å².